The average molecular weight is 272 g/mol. The van der Waals surface area contributed by atoms with Crippen molar-refractivity contribution in [1.29, 1.82) is 0 Å². The van der Waals surface area contributed by atoms with Crippen molar-refractivity contribution in [2.45, 2.75) is 58.0 Å². The monoisotopic (exact) mass is 272 g/mol. The van der Waals surface area contributed by atoms with Gasteiger partial charge in [0.05, 0.1) is 13.2 Å². The highest BCUT2D eigenvalue weighted by molar-refractivity contribution is 4.83. The SMILES string of the molecule is CC(C)NC(C)(CO)CCCCN1CCCOCC1. The van der Waals surface area contributed by atoms with E-state index in [-0.39, 0.29) is 12.1 Å². The van der Waals surface area contributed by atoms with Crippen molar-refractivity contribution in [1.82, 2.24) is 10.2 Å². The molecule has 0 aliphatic carbocycles. The molecule has 1 unspecified atom stereocenters. The van der Waals surface area contributed by atoms with E-state index in [4.69, 9.17) is 4.74 Å². The minimum atomic E-state index is -0.129. The van der Waals surface area contributed by atoms with Crippen LogP contribution < -0.4 is 5.32 Å². The summed E-state index contributed by atoms with van der Waals surface area (Å²) in [7, 11) is 0. The Bertz CT molecular complexity index is 228. The molecule has 1 atom stereocenters. The standard InChI is InChI=1S/C15H32N2O2/c1-14(2)16-15(3,13-18)7-4-5-8-17-9-6-11-19-12-10-17/h14,16,18H,4-13H2,1-3H3. The number of ether oxygens (including phenoxy) is 1. The second-order valence-electron chi connectivity index (χ2n) is 6.28. The van der Waals surface area contributed by atoms with Gasteiger partial charge in [0.15, 0.2) is 0 Å². The highest BCUT2D eigenvalue weighted by atomic mass is 16.5. The summed E-state index contributed by atoms with van der Waals surface area (Å²) < 4.78 is 5.46. The lowest BCUT2D eigenvalue weighted by Gasteiger charge is -2.31. The summed E-state index contributed by atoms with van der Waals surface area (Å²) in [6.45, 7) is 11.8. The fourth-order valence-electron chi connectivity index (χ4n) is 2.77. The maximum atomic E-state index is 9.53. The number of nitrogens with zero attached hydrogens (tertiary/aromatic N) is 1. The van der Waals surface area contributed by atoms with E-state index in [1.807, 2.05) is 0 Å². The molecule has 19 heavy (non-hydrogen) atoms. The predicted molar refractivity (Wildman–Crippen MR) is 79.5 cm³/mol. The van der Waals surface area contributed by atoms with Gasteiger partial charge in [-0.15, -0.1) is 0 Å². The highest BCUT2D eigenvalue weighted by Gasteiger charge is 2.23. The lowest BCUT2D eigenvalue weighted by atomic mass is 9.94. The van der Waals surface area contributed by atoms with Crippen LogP contribution in [0.5, 0.6) is 0 Å². The molecular weight excluding hydrogens is 240 g/mol. The third kappa shape index (κ3) is 7.25. The quantitative estimate of drug-likeness (QED) is 0.659. The van der Waals surface area contributed by atoms with E-state index in [0.29, 0.717) is 6.04 Å². The smallest absolute Gasteiger partial charge is 0.0610 e. The van der Waals surface area contributed by atoms with Gasteiger partial charge in [0.2, 0.25) is 0 Å². The van der Waals surface area contributed by atoms with Crippen LogP contribution in [-0.2, 0) is 4.74 Å². The minimum Gasteiger partial charge on any atom is -0.394 e. The normalized spacial score (nSPS) is 21.3. The first-order valence-electron chi connectivity index (χ1n) is 7.74. The Morgan fingerprint density at radius 3 is 2.74 bits per heavy atom. The molecule has 1 fully saturated rings. The molecular formula is C15H32N2O2. The van der Waals surface area contributed by atoms with E-state index < -0.39 is 0 Å². The second kappa shape index (κ2) is 8.90. The van der Waals surface area contributed by atoms with E-state index in [9.17, 15) is 5.11 Å². The molecule has 2 N–H and O–H groups in total. The fraction of sp³-hybridized carbons (Fsp3) is 1.00. The summed E-state index contributed by atoms with van der Waals surface area (Å²) in [4.78, 5) is 2.50. The Balaban J connectivity index is 2.17. The number of hydrogen-bond acceptors (Lipinski definition) is 4. The number of nitrogens with one attached hydrogen (secondary N) is 1. The van der Waals surface area contributed by atoms with Crippen molar-refractivity contribution < 1.29 is 9.84 Å². The molecule has 0 radical (unpaired) electrons. The molecule has 1 aliphatic rings. The van der Waals surface area contributed by atoms with Gasteiger partial charge in [0.25, 0.3) is 0 Å². The van der Waals surface area contributed by atoms with E-state index in [1.165, 1.54) is 13.0 Å². The zero-order chi connectivity index (χ0) is 14.1. The Kier molecular flexibility index (Phi) is 7.91. The molecule has 1 saturated heterocycles. The molecule has 4 heteroatoms. The van der Waals surface area contributed by atoms with E-state index in [0.717, 1.165) is 45.6 Å². The van der Waals surface area contributed by atoms with Crippen LogP contribution in [0.3, 0.4) is 0 Å². The Morgan fingerprint density at radius 1 is 1.26 bits per heavy atom. The van der Waals surface area contributed by atoms with Crippen LogP contribution in [0.2, 0.25) is 0 Å². The number of aliphatic hydroxyl groups is 1. The van der Waals surface area contributed by atoms with Crippen molar-refractivity contribution in [2.24, 2.45) is 0 Å². The molecule has 1 rings (SSSR count). The maximum Gasteiger partial charge on any atom is 0.0610 e. The lowest BCUT2D eigenvalue weighted by molar-refractivity contribution is 0.139. The number of unbranched alkanes of at least 4 members (excludes halogenated alkanes) is 1. The van der Waals surface area contributed by atoms with E-state index >= 15 is 0 Å². The molecule has 0 bridgehead atoms. The number of hydrogen-bond donors (Lipinski definition) is 2. The zero-order valence-corrected chi connectivity index (χ0v) is 13.0. The van der Waals surface area contributed by atoms with Gasteiger partial charge in [-0.25, -0.2) is 0 Å². The van der Waals surface area contributed by atoms with Gasteiger partial charge in [0, 0.05) is 31.3 Å². The molecule has 0 aromatic heterocycles. The van der Waals surface area contributed by atoms with Crippen LogP contribution in [0.1, 0.15) is 46.5 Å². The maximum absolute atomic E-state index is 9.53. The lowest BCUT2D eigenvalue weighted by Crippen LogP contribution is -2.49. The van der Waals surface area contributed by atoms with Gasteiger partial charge in [-0.05, 0) is 32.7 Å². The molecule has 0 amide bonds. The minimum absolute atomic E-state index is 0.129. The summed E-state index contributed by atoms with van der Waals surface area (Å²) in [5, 5.41) is 13.0. The van der Waals surface area contributed by atoms with E-state index in [2.05, 4.69) is 31.0 Å². The Hall–Kier alpha value is -0.160. The van der Waals surface area contributed by atoms with Gasteiger partial charge in [-0.1, -0.05) is 20.3 Å². The first kappa shape index (κ1) is 16.9. The van der Waals surface area contributed by atoms with Gasteiger partial charge < -0.3 is 20.1 Å². The molecule has 0 aromatic carbocycles. The van der Waals surface area contributed by atoms with Crippen molar-refractivity contribution in [3.05, 3.63) is 0 Å². The molecule has 1 aliphatic heterocycles. The van der Waals surface area contributed by atoms with Gasteiger partial charge in [0.1, 0.15) is 0 Å². The van der Waals surface area contributed by atoms with Crippen LogP contribution in [0.25, 0.3) is 0 Å². The second-order valence-corrected chi connectivity index (χ2v) is 6.28. The summed E-state index contributed by atoms with van der Waals surface area (Å²) in [6, 6.07) is 0.417. The van der Waals surface area contributed by atoms with Crippen LogP contribution in [0, 0.1) is 0 Å². The Labute approximate surface area is 118 Å². The van der Waals surface area contributed by atoms with Crippen LogP contribution in [-0.4, -0.2) is 61.0 Å². The molecule has 1 heterocycles. The summed E-state index contributed by atoms with van der Waals surface area (Å²) >= 11 is 0. The van der Waals surface area contributed by atoms with E-state index in [1.54, 1.807) is 0 Å². The zero-order valence-electron chi connectivity index (χ0n) is 13.0. The topological polar surface area (TPSA) is 44.7 Å². The van der Waals surface area contributed by atoms with Crippen molar-refractivity contribution in [2.75, 3.05) is 39.5 Å². The fourth-order valence-corrected chi connectivity index (χ4v) is 2.77. The van der Waals surface area contributed by atoms with Crippen LogP contribution in [0.4, 0.5) is 0 Å². The van der Waals surface area contributed by atoms with Crippen molar-refractivity contribution in [3.63, 3.8) is 0 Å². The summed E-state index contributed by atoms with van der Waals surface area (Å²) in [5.41, 5.74) is -0.129. The average Bonchev–Trinajstić information content (AvgIpc) is 2.62. The van der Waals surface area contributed by atoms with Crippen LogP contribution >= 0.6 is 0 Å². The van der Waals surface area contributed by atoms with Gasteiger partial charge in [-0.2, -0.15) is 0 Å². The van der Waals surface area contributed by atoms with Gasteiger partial charge >= 0.3 is 0 Å². The summed E-state index contributed by atoms with van der Waals surface area (Å²) in [5.74, 6) is 0. The number of aliphatic hydroxyl groups excluding tert-OH is 1. The molecule has 0 saturated carbocycles. The summed E-state index contributed by atoms with van der Waals surface area (Å²) in [6.07, 6.45) is 4.55. The van der Waals surface area contributed by atoms with Crippen LogP contribution in [0.15, 0.2) is 0 Å². The Morgan fingerprint density at radius 2 is 2.05 bits per heavy atom. The first-order chi connectivity index (χ1) is 9.06. The third-order valence-electron chi connectivity index (χ3n) is 3.75. The molecule has 4 nitrogen and oxygen atoms in total. The molecule has 0 aromatic rings. The van der Waals surface area contributed by atoms with Gasteiger partial charge in [-0.3, -0.25) is 0 Å². The highest BCUT2D eigenvalue weighted by Crippen LogP contribution is 2.15. The first-order valence-corrected chi connectivity index (χ1v) is 7.74. The molecule has 114 valence electrons. The predicted octanol–water partition coefficient (Wildman–Crippen LogP) is 1.63. The van der Waals surface area contributed by atoms with Crippen molar-refractivity contribution >= 4 is 0 Å². The third-order valence-corrected chi connectivity index (χ3v) is 3.75. The number of rotatable bonds is 8. The molecule has 0 spiro atoms. The van der Waals surface area contributed by atoms with Crippen molar-refractivity contribution in [3.8, 4) is 0 Å². The largest absolute Gasteiger partial charge is 0.394 e.